The van der Waals surface area contributed by atoms with E-state index in [1.165, 1.54) is 19.2 Å². The second kappa shape index (κ2) is 12.1. The number of hydrogen-bond donors (Lipinski definition) is 2. The number of benzene rings is 3. The summed E-state index contributed by atoms with van der Waals surface area (Å²) < 4.78 is 4.96. The van der Waals surface area contributed by atoms with Gasteiger partial charge in [-0.2, -0.15) is 0 Å². The molecule has 0 aromatic heterocycles. The number of nitrogens with one attached hydrogen (secondary N) is 2. The molecule has 0 atom stereocenters. The number of ether oxygens (including phenoxy) is 1. The monoisotopic (exact) mass is 567 g/mol. The number of nitro benzene ring substituents is 1. The summed E-state index contributed by atoms with van der Waals surface area (Å²) in [6.45, 7) is 4.34. The lowest BCUT2D eigenvalue weighted by atomic mass is 10.1. The van der Waals surface area contributed by atoms with Crippen LogP contribution in [0.3, 0.4) is 0 Å². The number of thiocarbonyl (C=S) groups is 1. The molecule has 3 aromatic carbocycles. The highest BCUT2D eigenvalue weighted by Crippen LogP contribution is 2.30. The van der Waals surface area contributed by atoms with E-state index in [-0.39, 0.29) is 28.0 Å². The number of nitro groups is 1. The van der Waals surface area contributed by atoms with Gasteiger partial charge in [-0.25, -0.2) is 0 Å². The van der Waals surface area contributed by atoms with Gasteiger partial charge < -0.3 is 19.9 Å². The fraction of sp³-hybridized carbons (Fsp3) is 0.222. The van der Waals surface area contributed by atoms with E-state index in [0.717, 1.165) is 17.3 Å². The predicted molar refractivity (Wildman–Crippen MR) is 154 cm³/mol. The van der Waals surface area contributed by atoms with Gasteiger partial charge in [-0.3, -0.25) is 25.0 Å². The normalized spacial score (nSPS) is 13.0. The Balaban J connectivity index is 1.34. The van der Waals surface area contributed by atoms with Crippen molar-refractivity contribution in [1.82, 2.24) is 10.2 Å². The second-order valence-electron chi connectivity index (χ2n) is 8.81. The molecule has 2 N–H and O–H groups in total. The fourth-order valence-corrected chi connectivity index (χ4v) is 4.80. The van der Waals surface area contributed by atoms with Crippen molar-refractivity contribution in [3.63, 3.8) is 0 Å². The summed E-state index contributed by atoms with van der Waals surface area (Å²) in [6.07, 6.45) is 0. The van der Waals surface area contributed by atoms with Crippen molar-refractivity contribution < 1.29 is 19.2 Å². The Morgan fingerprint density at radius 1 is 1.05 bits per heavy atom. The number of carbonyl (C=O) groups excluding carboxylic acids is 2. The van der Waals surface area contributed by atoms with Crippen molar-refractivity contribution in [3.8, 4) is 5.75 Å². The molecule has 1 saturated heterocycles. The van der Waals surface area contributed by atoms with Gasteiger partial charge in [0.1, 0.15) is 0 Å². The van der Waals surface area contributed by atoms with Gasteiger partial charge in [0.05, 0.1) is 22.7 Å². The number of halogens is 1. The van der Waals surface area contributed by atoms with Gasteiger partial charge in [0.15, 0.2) is 10.9 Å². The summed E-state index contributed by atoms with van der Waals surface area (Å²) >= 11 is 11.8. The number of methoxy groups -OCH3 is 1. The molecule has 1 aliphatic heterocycles. The minimum Gasteiger partial charge on any atom is -0.490 e. The Morgan fingerprint density at radius 3 is 2.41 bits per heavy atom. The third-order valence-corrected chi connectivity index (χ3v) is 6.86. The van der Waals surface area contributed by atoms with Gasteiger partial charge >= 0.3 is 5.69 Å². The van der Waals surface area contributed by atoms with E-state index in [2.05, 4.69) is 15.5 Å². The molecular formula is C27H26ClN5O5S. The van der Waals surface area contributed by atoms with Crippen LogP contribution in [0.1, 0.15) is 26.3 Å². The summed E-state index contributed by atoms with van der Waals surface area (Å²) in [5.41, 5.74) is 2.78. The minimum absolute atomic E-state index is 0.00520. The first-order valence-electron chi connectivity index (χ1n) is 12.0. The zero-order chi connectivity index (χ0) is 28.1. The summed E-state index contributed by atoms with van der Waals surface area (Å²) in [6, 6.07) is 16.8. The van der Waals surface area contributed by atoms with E-state index in [4.69, 9.17) is 28.6 Å². The Bertz CT molecular complexity index is 1440. The highest BCUT2D eigenvalue weighted by Gasteiger charge is 2.24. The van der Waals surface area contributed by atoms with Crippen LogP contribution in [-0.2, 0) is 0 Å². The number of carbonyl (C=O) groups is 2. The highest BCUT2D eigenvalue weighted by atomic mass is 35.5. The van der Waals surface area contributed by atoms with Gasteiger partial charge in [0.2, 0.25) is 0 Å². The van der Waals surface area contributed by atoms with Gasteiger partial charge in [0.25, 0.3) is 11.8 Å². The molecule has 39 heavy (non-hydrogen) atoms. The smallest absolute Gasteiger partial charge is 0.311 e. The zero-order valence-corrected chi connectivity index (χ0v) is 22.8. The largest absolute Gasteiger partial charge is 0.490 e. The third-order valence-electron chi connectivity index (χ3n) is 6.35. The molecular weight excluding hydrogens is 542 g/mol. The molecule has 1 heterocycles. The molecule has 1 fully saturated rings. The summed E-state index contributed by atoms with van der Waals surface area (Å²) in [5, 5.41) is 17.1. The van der Waals surface area contributed by atoms with Crippen LogP contribution in [0.2, 0.25) is 5.02 Å². The number of amides is 2. The van der Waals surface area contributed by atoms with Gasteiger partial charge in [-0.15, -0.1) is 0 Å². The molecule has 0 spiro atoms. The van der Waals surface area contributed by atoms with Crippen LogP contribution in [0.5, 0.6) is 5.75 Å². The van der Waals surface area contributed by atoms with E-state index in [1.54, 1.807) is 12.1 Å². The number of rotatable bonds is 6. The van der Waals surface area contributed by atoms with Gasteiger partial charge in [0, 0.05) is 49.1 Å². The Labute approximate surface area is 235 Å². The first kappa shape index (κ1) is 27.8. The van der Waals surface area contributed by atoms with Crippen LogP contribution in [0.4, 0.5) is 17.1 Å². The second-order valence-corrected chi connectivity index (χ2v) is 9.63. The Morgan fingerprint density at radius 2 is 1.77 bits per heavy atom. The van der Waals surface area contributed by atoms with Crippen LogP contribution in [0.15, 0.2) is 60.7 Å². The fourth-order valence-electron chi connectivity index (χ4n) is 4.29. The van der Waals surface area contributed by atoms with Crippen molar-refractivity contribution in [3.05, 3.63) is 92.5 Å². The Kier molecular flexibility index (Phi) is 8.62. The maximum absolute atomic E-state index is 12.9. The number of anilines is 2. The molecule has 0 saturated carbocycles. The van der Waals surface area contributed by atoms with Crippen molar-refractivity contribution >= 4 is 57.8 Å². The third kappa shape index (κ3) is 6.44. The molecule has 12 heteroatoms. The first-order chi connectivity index (χ1) is 18.7. The molecule has 10 nitrogen and oxygen atoms in total. The molecule has 2 amide bonds. The topological polar surface area (TPSA) is 117 Å². The summed E-state index contributed by atoms with van der Waals surface area (Å²) in [4.78, 5) is 40.1. The van der Waals surface area contributed by atoms with Crippen LogP contribution in [0, 0.1) is 17.0 Å². The Hall–Kier alpha value is -4.22. The standard InChI is InChI=1S/C27H26ClN5O5S/c1-17-5-3-4-6-20(17)26(35)32-13-11-31(12-14-32)22-9-8-19(16-21(22)28)29-27(39)30-25(34)18-7-10-24(38-2)23(15-18)33(36)37/h3-10,15-16H,11-14H2,1-2H3,(H2,29,30,34,39). The molecule has 4 rings (SSSR count). The lowest BCUT2D eigenvalue weighted by Crippen LogP contribution is -2.49. The van der Waals surface area contributed by atoms with E-state index < -0.39 is 10.8 Å². The first-order valence-corrected chi connectivity index (χ1v) is 12.8. The minimum atomic E-state index is -0.627. The highest BCUT2D eigenvalue weighted by molar-refractivity contribution is 7.80. The summed E-state index contributed by atoms with van der Waals surface area (Å²) in [5.74, 6) is -0.538. The van der Waals surface area contributed by atoms with Crippen molar-refractivity contribution in [1.29, 1.82) is 0 Å². The molecule has 0 aliphatic carbocycles. The average Bonchev–Trinajstić information content (AvgIpc) is 2.92. The van der Waals surface area contributed by atoms with Crippen molar-refractivity contribution in [2.45, 2.75) is 6.92 Å². The number of aryl methyl sites for hydroxylation is 1. The van der Waals surface area contributed by atoms with Crippen LogP contribution in [-0.4, -0.2) is 60.0 Å². The van der Waals surface area contributed by atoms with E-state index >= 15 is 0 Å². The molecule has 3 aromatic rings. The van der Waals surface area contributed by atoms with Crippen molar-refractivity contribution in [2.75, 3.05) is 43.5 Å². The van der Waals surface area contributed by atoms with E-state index in [1.807, 2.05) is 42.2 Å². The van der Waals surface area contributed by atoms with Gasteiger partial charge in [-0.05, 0) is 61.1 Å². The van der Waals surface area contributed by atoms with Crippen LogP contribution in [0.25, 0.3) is 0 Å². The van der Waals surface area contributed by atoms with Crippen LogP contribution >= 0.6 is 23.8 Å². The lowest BCUT2D eigenvalue weighted by molar-refractivity contribution is -0.385. The van der Waals surface area contributed by atoms with E-state index in [0.29, 0.717) is 42.5 Å². The average molecular weight is 568 g/mol. The van der Waals surface area contributed by atoms with Gasteiger partial charge in [-0.1, -0.05) is 29.8 Å². The maximum Gasteiger partial charge on any atom is 0.311 e. The molecule has 0 unspecified atom stereocenters. The molecule has 202 valence electrons. The number of hydrogen-bond acceptors (Lipinski definition) is 7. The summed E-state index contributed by atoms with van der Waals surface area (Å²) in [7, 11) is 1.31. The van der Waals surface area contributed by atoms with Crippen molar-refractivity contribution in [2.24, 2.45) is 0 Å². The predicted octanol–water partition coefficient (Wildman–Crippen LogP) is 4.65. The SMILES string of the molecule is COc1ccc(C(=O)NC(=S)Nc2ccc(N3CCN(C(=O)c4ccccc4C)CC3)c(Cl)c2)cc1[N+](=O)[O-]. The van der Waals surface area contributed by atoms with Crippen LogP contribution < -0.4 is 20.3 Å². The maximum atomic E-state index is 12.9. The quantitative estimate of drug-likeness (QED) is 0.251. The lowest BCUT2D eigenvalue weighted by Gasteiger charge is -2.36. The van der Waals surface area contributed by atoms with E-state index in [9.17, 15) is 19.7 Å². The molecule has 0 radical (unpaired) electrons. The molecule has 1 aliphatic rings. The number of piperazine rings is 1. The molecule has 0 bridgehead atoms. The number of nitrogens with zero attached hydrogens (tertiary/aromatic N) is 3. The zero-order valence-electron chi connectivity index (χ0n) is 21.3.